The van der Waals surface area contributed by atoms with Crippen LogP contribution < -0.4 is 4.74 Å². The van der Waals surface area contributed by atoms with Crippen LogP contribution >= 0.6 is 0 Å². The van der Waals surface area contributed by atoms with E-state index in [0.29, 0.717) is 6.42 Å². The molecule has 5 heteroatoms. The standard InChI is InChI=1S/C22H24O5/c1-12(2)9-18-21(24)19(22(25)27-18)20(23)13(3)14-5-6-16-11-17(26-4)8-7-15(16)10-14/h5-8,10-13,18-19H,9H2,1-4H3. The Balaban J connectivity index is 1.83. The fourth-order valence-electron chi connectivity index (χ4n) is 3.47. The lowest BCUT2D eigenvalue weighted by molar-refractivity contribution is -0.147. The Hall–Kier alpha value is -2.69. The van der Waals surface area contributed by atoms with E-state index in [9.17, 15) is 14.4 Å². The van der Waals surface area contributed by atoms with E-state index in [4.69, 9.17) is 9.47 Å². The SMILES string of the molecule is COc1ccc2cc(C(C)C(=O)C3C(=O)OC(CC(C)C)C3=O)ccc2c1. The lowest BCUT2D eigenvalue weighted by atomic mass is 9.85. The van der Waals surface area contributed by atoms with E-state index in [2.05, 4.69) is 0 Å². The van der Waals surface area contributed by atoms with Gasteiger partial charge in [0.1, 0.15) is 5.75 Å². The first kappa shape index (κ1) is 19.1. The molecule has 0 aliphatic carbocycles. The van der Waals surface area contributed by atoms with Gasteiger partial charge in [-0.3, -0.25) is 14.4 Å². The molecule has 1 fully saturated rings. The van der Waals surface area contributed by atoms with Crippen LogP contribution in [-0.4, -0.2) is 30.7 Å². The lowest BCUT2D eigenvalue weighted by Crippen LogP contribution is -2.31. The Morgan fingerprint density at radius 1 is 1.07 bits per heavy atom. The smallest absolute Gasteiger partial charge is 0.325 e. The number of ether oxygens (including phenoxy) is 2. The van der Waals surface area contributed by atoms with Crippen molar-refractivity contribution in [2.45, 2.75) is 39.2 Å². The summed E-state index contributed by atoms with van der Waals surface area (Å²) in [5, 5.41) is 1.96. The molecular weight excluding hydrogens is 344 g/mol. The van der Waals surface area contributed by atoms with Crippen LogP contribution in [0.1, 0.15) is 38.7 Å². The van der Waals surface area contributed by atoms with E-state index in [1.807, 2.05) is 50.2 Å². The monoisotopic (exact) mass is 368 g/mol. The van der Waals surface area contributed by atoms with Crippen molar-refractivity contribution in [2.75, 3.05) is 7.11 Å². The molecule has 0 spiro atoms. The average Bonchev–Trinajstić information content (AvgIpc) is 2.92. The molecule has 27 heavy (non-hydrogen) atoms. The molecule has 0 saturated carbocycles. The molecule has 0 bridgehead atoms. The van der Waals surface area contributed by atoms with Gasteiger partial charge < -0.3 is 9.47 Å². The molecule has 2 aromatic carbocycles. The molecule has 1 aliphatic heterocycles. The second-order valence-corrected chi connectivity index (χ2v) is 7.49. The number of fused-ring (bicyclic) bond motifs is 1. The number of Topliss-reactive ketones (excluding diaryl/α,β-unsaturated/α-hetero) is 2. The number of cyclic esters (lactones) is 1. The molecular formula is C22H24O5. The molecule has 0 N–H and O–H groups in total. The number of hydrogen-bond acceptors (Lipinski definition) is 5. The van der Waals surface area contributed by atoms with Gasteiger partial charge in [0, 0.05) is 5.92 Å². The molecule has 5 nitrogen and oxygen atoms in total. The van der Waals surface area contributed by atoms with Crippen molar-refractivity contribution in [2.24, 2.45) is 11.8 Å². The fourth-order valence-corrected chi connectivity index (χ4v) is 3.47. The lowest BCUT2D eigenvalue weighted by Gasteiger charge is -2.14. The quantitative estimate of drug-likeness (QED) is 0.575. The number of hydrogen-bond donors (Lipinski definition) is 0. The highest BCUT2D eigenvalue weighted by atomic mass is 16.6. The number of rotatable bonds is 6. The maximum atomic E-state index is 12.9. The normalized spacial score (nSPS) is 20.8. The second-order valence-electron chi connectivity index (χ2n) is 7.49. The third-order valence-corrected chi connectivity index (χ3v) is 5.06. The van der Waals surface area contributed by atoms with Crippen molar-refractivity contribution in [3.8, 4) is 5.75 Å². The summed E-state index contributed by atoms with van der Waals surface area (Å²) >= 11 is 0. The summed E-state index contributed by atoms with van der Waals surface area (Å²) in [5.74, 6) is -2.44. The Kier molecular flexibility index (Phi) is 5.31. The Morgan fingerprint density at radius 3 is 2.41 bits per heavy atom. The first-order valence-corrected chi connectivity index (χ1v) is 9.17. The van der Waals surface area contributed by atoms with Crippen molar-refractivity contribution >= 4 is 28.3 Å². The topological polar surface area (TPSA) is 69.7 Å². The highest BCUT2D eigenvalue weighted by molar-refractivity contribution is 6.23. The van der Waals surface area contributed by atoms with Crippen molar-refractivity contribution < 1.29 is 23.9 Å². The number of carbonyl (C=O) groups excluding carboxylic acids is 3. The number of benzene rings is 2. The van der Waals surface area contributed by atoms with Crippen molar-refractivity contribution in [3.63, 3.8) is 0 Å². The molecule has 0 radical (unpaired) electrons. The van der Waals surface area contributed by atoms with Crippen LogP contribution in [0.4, 0.5) is 0 Å². The molecule has 1 aliphatic rings. The van der Waals surface area contributed by atoms with Gasteiger partial charge in [-0.25, -0.2) is 0 Å². The molecule has 3 atom stereocenters. The molecule has 3 unspecified atom stereocenters. The highest BCUT2D eigenvalue weighted by Gasteiger charge is 2.48. The third-order valence-electron chi connectivity index (χ3n) is 5.06. The maximum absolute atomic E-state index is 12.9. The summed E-state index contributed by atoms with van der Waals surface area (Å²) < 4.78 is 10.4. The van der Waals surface area contributed by atoms with Crippen molar-refractivity contribution in [1.82, 2.24) is 0 Å². The van der Waals surface area contributed by atoms with Crippen LogP contribution in [0.5, 0.6) is 5.75 Å². The van der Waals surface area contributed by atoms with E-state index >= 15 is 0 Å². The minimum atomic E-state index is -1.31. The zero-order chi connectivity index (χ0) is 19.7. The van der Waals surface area contributed by atoms with Crippen molar-refractivity contribution in [1.29, 1.82) is 0 Å². The molecule has 1 heterocycles. The van der Waals surface area contributed by atoms with Crippen LogP contribution in [0, 0.1) is 11.8 Å². The van der Waals surface area contributed by atoms with E-state index in [-0.39, 0.29) is 5.92 Å². The molecule has 3 rings (SSSR count). The summed E-state index contributed by atoms with van der Waals surface area (Å²) in [4.78, 5) is 37.6. The zero-order valence-electron chi connectivity index (χ0n) is 16.0. The summed E-state index contributed by atoms with van der Waals surface area (Å²) in [5.41, 5.74) is 0.769. The minimum absolute atomic E-state index is 0.204. The summed E-state index contributed by atoms with van der Waals surface area (Å²) in [7, 11) is 1.61. The summed E-state index contributed by atoms with van der Waals surface area (Å²) in [6.07, 6.45) is -0.358. The van der Waals surface area contributed by atoms with Gasteiger partial charge in [-0.15, -0.1) is 0 Å². The molecule has 0 amide bonds. The predicted octanol–water partition coefficient (Wildman–Crippen LogP) is 3.68. The van der Waals surface area contributed by atoms with Crippen LogP contribution in [0.3, 0.4) is 0 Å². The van der Waals surface area contributed by atoms with Gasteiger partial charge in [0.2, 0.25) is 0 Å². The number of ketones is 2. The molecule has 2 aromatic rings. The largest absolute Gasteiger partial charge is 0.497 e. The highest BCUT2D eigenvalue weighted by Crippen LogP contribution is 2.31. The van der Waals surface area contributed by atoms with E-state index in [0.717, 1.165) is 22.1 Å². The number of carbonyl (C=O) groups is 3. The van der Waals surface area contributed by atoms with Crippen LogP contribution in [0.15, 0.2) is 36.4 Å². The van der Waals surface area contributed by atoms with Gasteiger partial charge in [0.05, 0.1) is 7.11 Å². The minimum Gasteiger partial charge on any atom is -0.497 e. The van der Waals surface area contributed by atoms with Crippen LogP contribution in [0.25, 0.3) is 10.8 Å². The van der Waals surface area contributed by atoms with Crippen LogP contribution in [-0.2, 0) is 19.1 Å². The summed E-state index contributed by atoms with van der Waals surface area (Å²) in [6.45, 7) is 5.62. The Morgan fingerprint density at radius 2 is 1.74 bits per heavy atom. The molecule has 1 saturated heterocycles. The zero-order valence-corrected chi connectivity index (χ0v) is 16.0. The van der Waals surface area contributed by atoms with Gasteiger partial charge in [-0.2, -0.15) is 0 Å². The van der Waals surface area contributed by atoms with Gasteiger partial charge >= 0.3 is 5.97 Å². The third kappa shape index (κ3) is 3.72. The Labute approximate surface area is 158 Å². The van der Waals surface area contributed by atoms with Gasteiger partial charge in [-0.1, -0.05) is 45.0 Å². The van der Waals surface area contributed by atoms with E-state index < -0.39 is 35.5 Å². The molecule has 142 valence electrons. The van der Waals surface area contributed by atoms with E-state index in [1.54, 1.807) is 14.0 Å². The average molecular weight is 368 g/mol. The van der Waals surface area contributed by atoms with Crippen LogP contribution in [0.2, 0.25) is 0 Å². The maximum Gasteiger partial charge on any atom is 0.325 e. The predicted molar refractivity (Wildman–Crippen MR) is 102 cm³/mol. The van der Waals surface area contributed by atoms with Gasteiger partial charge in [-0.05, 0) is 40.8 Å². The number of methoxy groups -OCH3 is 1. The second kappa shape index (κ2) is 7.51. The Bertz CT molecular complexity index is 899. The van der Waals surface area contributed by atoms with Gasteiger partial charge in [0.15, 0.2) is 23.6 Å². The fraction of sp³-hybridized carbons (Fsp3) is 0.409. The molecule has 0 aromatic heterocycles. The summed E-state index contributed by atoms with van der Waals surface area (Å²) in [6, 6.07) is 11.4. The number of esters is 1. The van der Waals surface area contributed by atoms with Crippen molar-refractivity contribution in [3.05, 3.63) is 42.0 Å². The first-order valence-electron chi connectivity index (χ1n) is 9.17. The first-order chi connectivity index (χ1) is 12.8. The van der Waals surface area contributed by atoms with Gasteiger partial charge in [0.25, 0.3) is 0 Å². The van der Waals surface area contributed by atoms with E-state index in [1.165, 1.54) is 0 Å².